The van der Waals surface area contributed by atoms with Gasteiger partial charge in [0.25, 0.3) is 0 Å². The van der Waals surface area contributed by atoms with Crippen LogP contribution in [0.3, 0.4) is 0 Å². The van der Waals surface area contributed by atoms with Gasteiger partial charge in [-0.05, 0) is 36.4 Å². The standard InChI is InChI=1S/C17H15ClN4O4/c18-11-3-5-12(6-4-11)20-15(24)10-19-14(23)7-8-16-21-17(22-26-16)13-2-1-9-25-13/h1-6,9H,7-8,10H2,(H,19,23)(H,20,24). The van der Waals surface area contributed by atoms with Crippen LogP contribution in [0.4, 0.5) is 5.69 Å². The Morgan fingerprint density at radius 1 is 1.12 bits per heavy atom. The number of halogens is 1. The number of nitrogens with one attached hydrogen (secondary N) is 2. The molecule has 0 saturated carbocycles. The Balaban J connectivity index is 1.40. The highest BCUT2D eigenvalue weighted by Gasteiger charge is 2.13. The van der Waals surface area contributed by atoms with Crippen LogP contribution < -0.4 is 10.6 Å². The largest absolute Gasteiger partial charge is 0.461 e. The number of nitrogens with zero attached hydrogens (tertiary/aromatic N) is 2. The predicted molar refractivity (Wildman–Crippen MR) is 93.4 cm³/mol. The van der Waals surface area contributed by atoms with Gasteiger partial charge in [0.15, 0.2) is 5.76 Å². The van der Waals surface area contributed by atoms with Gasteiger partial charge in [-0.3, -0.25) is 9.59 Å². The molecule has 3 aromatic rings. The van der Waals surface area contributed by atoms with Crippen LogP contribution >= 0.6 is 11.6 Å². The fourth-order valence-corrected chi connectivity index (χ4v) is 2.21. The molecule has 0 spiro atoms. The maximum absolute atomic E-state index is 11.8. The van der Waals surface area contributed by atoms with Gasteiger partial charge in [-0.25, -0.2) is 0 Å². The first-order chi connectivity index (χ1) is 12.6. The summed E-state index contributed by atoms with van der Waals surface area (Å²) in [5, 5.41) is 9.54. The van der Waals surface area contributed by atoms with Crippen molar-refractivity contribution in [3.8, 4) is 11.6 Å². The number of aryl methyl sites for hydroxylation is 1. The van der Waals surface area contributed by atoms with Crippen LogP contribution in [0.2, 0.25) is 5.02 Å². The van der Waals surface area contributed by atoms with Crippen molar-refractivity contribution in [2.45, 2.75) is 12.8 Å². The molecule has 134 valence electrons. The lowest BCUT2D eigenvalue weighted by Gasteiger charge is -2.06. The number of anilines is 1. The first-order valence-corrected chi connectivity index (χ1v) is 8.16. The zero-order valence-corrected chi connectivity index (χ0v) is 14.3. The molecule has 1 aromatic carbocycles. The lowest BCUT2D eigenvalue weighted by Crippen LogP contribution is -2.32. The summed E-state index contributed by atoms with van der Waals surface area (Å²) in [6, 6.07) is 10.1. The average molecular weight is 375 g/mol. The molecule has 26 heavy (non-hydrogen) atoms. The van der Waals surface area contributed by atoms with Crippen LogP contribution in [0.5, 0.6) is 0 Å². The minimum atomic E-state index is -0.335. The molecule has 0 bridgehead atoms. The van der Waals surface area contributed by atoms with Gasteiger partial charge in [0, 0.05) is 23.6 Å². The summed E-state index contributed by atoms with van der Waals surface area (Å²) < 4.78 is 10.2. The van der Waals surface area contributed by atoms with Crippen LogP contribution in [0.15, 0.2) is 51.6 Å². The summed E-state index contributed by atoms with van der Waals surface area (Å²) >= 11 is 5.77. The van der Waals surface area contributed by atoms with Crippen LogP contribution in [-0.4, -0.2) is 28.5 Å². The summed E-state index contributed by atoms with van der Waals surface area (Å²) in [4.78, 5) is 27.8. The molecule has 0 aliphatic rings. The van der Waals surface area contributed by atoms with Crippen LogP contribution in [-0.2, 0) is 16.0 Å². The third kappa shape index (κ3) is 4.93. The Morgan fingerprint density at radius 3 is 2.65 bits per heavy atom. The van der Waals surface area contributed by atoms with Gasteiger partial charge in [-0.15, -0.1) is 0 Å². The lowest BCUT2D eigenvalue weighted by atomic mass is 10.3. The molecule has 0 atom stereocenters. The first-order valence-electron chi connectivity index (χ1n) is 7.79. The monoisotopic (exact) mass is 374 g/mol. The number of carbonyl (C=O) groups excluding carboxylic acids is 2. The molecule has 0 aliphatic carbocycles. The third-order valence-electron chi connectivity index (χ3n) is 3.35. The van der Waals surface area contributed by atoms with Gasteiger partial charge in [0.1, 0.15) is 0 Å². The average Bonchev–Trinajstić information content (AvgIpc) is 3.31. The smallest absolute Gasteiger partial charge is 0.243 e. The molecular weight excluding hydrogens is 360 g/mol. The second-order valence-electron chi connectivity index (χ2n) is 5.32. The molecule has 3 rings (SSSR count). The predicted octanol–water partition coefficient (Wildman–Crippen LogP) is 2.67. The van der Waals surface area contributed by atoms with Gasteiger partial charge in [0.2, 0.25) is 23.5 Å². The third-order valence-corrected chi connectivity index (χ3v) is 3.60. The van der Waals surface area contributed by atoms with Crippen LogP contribution in [0, 0.1) is 0 Å². The van der Waals surface area contributed by atoms with Gasteiger partial charge in [-0.1, -0.05) is 16.8 Å². The Morgan fingerprint density at radius 2 is 1.92 bits per heavy atom. The van der Waals surface area contributed by atoms with E-state index in [-0.39, 0.29) is 31.2 Å². The molecule has 2 aromatic heterocycles. The van der Waals surface area contributed by atoms with Crippen molar-refractivity contribution in [3.05, 3.63) is 53.6 Å². The second kappa shape index (κ2) is 8.30. The Bertz CT molecular complexity index is 875. The highest BCUT2D eigenvalue weighted by molar-refractivity contribution is 6.30. The Hall–Kier alpha value is -3.13. The topological polar surface area (TPSA) is 110 Å². The van der Waals surface area contributed by atoms with E-state index in [2.05, 4.69) is 20.8 Å². The van der Waals surface area contributed by atoms with Crippen molar-refractivity contribution in [2.24, 2.45) is 0 Å². The SMILES string of the molecule is O=C(CCc1nc(-c2ccco2)no1)NCC(=O)Nc1ccc(Cl)cc1. The first kappa shape index (κ1) is 17.7. The molecule has 0 fully saturated rings. The molecule has 0 radical (unpaired) electrons. The Labute approximate surface area is 153 Å². The zero-order chi connectivity index (χ0) is 18.4. The fourth-order valence-electron chi connectivity index (χ4n) is 2.09. The van der Waals surface area contributed by atoms with E-state index in [1.165, 1.54) is 6.26 Å². The van der Waals surface area contributed by atoms with Crippen molar-refractivity contribution in [1.29, 1.82) is 0 Å². The fraction of sp³-hybridized carbons (Fsp3) is 0.176. The van der Waals surface area contributed by atoms with Crippen molar-refractivity contribution in [2.75, 3.05) is 11.9 Å². The molecule has 2 heterocycles. The van der Waals surface area contributed by atoms with Crippen molar-refractivity contribution in [3.63, 3.8) is 0 Å². The molecule has 0 aliphatic heterocycles. The quantitative estimate of drug-likeness (QED) is 0.657. The highest BCUT2D eigenvalue weighted by Crippen LogP contribution is 2.16. The number of rotatable bonds is 7. The summed E-state index contributed by atoms with van der Waals surface area (Å²) in [6.07, 6.45) is 1.89. The summed E-state index contributed by atoms with van der Waals surface area (Å²) in [6.45, 7) is -0.136. The number of furan rings is 1. The summed E-state index contributed by atoms with van der Waals surface area (Å²) in [7, 11) is 0. The summed E-state index contributed by atoms with van der Waals surface area (Å²) in [5.74, 6) is 0.501. The molecule has 0 unspecified atom stereocenters. The van der Waals surface area contributed by atoms with Gasteiger partial charge in [0.05, 0.1) is 12.8 Å². The van der Waals surface area contributed by atoms with E-state index in [1.807, 2.05) is 0 Å². The number of benzene rings is 1. The number of hydrogen-bond acceptors (Lipinski definition) is 6. The second-order valence-corrected chi connectivity index (χ2v) is 5.76. The summed E-state index contributed by atoms with van der Waals surface area (Å²) in [5.41, 5.74) is 0.602. The lowest BCUT2D eigenvalue weighted by molar-refractivity contribution is -0.124. The van der Waals surface area contributed by atoms with E-state index in [0.29, 0.717) is 28.2 Å². The number of hydrogen-bond donors (Lipinski definition) is 2. The van der Waals surface area contributed by atoms with Crippen molar-refractivity contribution < 1.29 is 18.5 Å². The van der Waals surface area contributed by atoms with Crippen LogP contribution in [0.25, 0.3) is 11.6 Å². The molecule has 2 amide bonds. The van der Waals surface area contributed by atoms with E-state index in [0.717, 1.165) is 0 Å². The van der Waals surface area contributed by atoms with Gasteiger partial charge >= 0.3 is 0 Å². The van der Waals surface area contributed by atoms with E-state index < -0.39 is 0 Å². The maximum atomic E-state index is 11.8. The van der Waals surface area contributed by atoms with Crippen molar-refractivity contribution in [1.82, 2.24) is 15.5 Å². The normalized spacial score (nSPS) is 10.5. The molecule has 9 heteroatoms. The molecule has 0 saturated heterocycles. The minimum absolute atomic E-state index is 0.119. The highest BCUT2D eigenvalue weighted by atomic mass is 35.5. The van der Waals surface area contributed by atoms with Crippen LogP contribution in [0.1, 0.15) is 12.3 Å². The van der Waals surface area contributed by atoms with E-state index in [4.69, 9.17) is 20.5 Å². The maximum Gasteiger partial charge on any atom is 0.243 e. The number of amides is 2. The van der Waals surface area contributed by atoms with Gasteiger partial charge < -0.3 is 19.6 Å². The Kier molecular flexibility index (Phi) is 5.65. The molecule has 2 N–H and O–H groups in total. The van der Waals surface area contributed by atoms with E-state index in [1.54, 1.807) is 36.4 Å². The number of aromatic nitrogens is 2. The van der Waals surface area contributed by atoms with Gasteiger partial charge in [-0.2, -0.15) is 4.98 Å². The van der Waals surface area contributed by atoms with E-state index >= 15 is 0 Å². The zero-order valence-electron chi connectivity index (χ0n) is 13.6. The molecular formula is C17H15ClN4O4. The van der Waals surface area contributed by atoms with Crippen molar-refractivity contribution >= 4 is 29.1 Å². The molecule has 8 nitrogen and oxygen atoms in total. The minimum Gasteiger partial charge on any atom is -0.461 e. The number of carbonyl (C=O) groups is 2. The van der Waals surface area contributed by atoms with E-state index in [9.17, 15) is 9.59 Å².